The van der Waals surface area contributed by atoms with Gasteiger partial charge in [-0.05, 0) is 48.7 Å². The third-order valence-electron chi connectivity index (χ3n) is 6.44. The second kappa shape index (κ2) is 9.94. The highest BCUT2D eigenvalue weighted by Crippen LogP contribution is 2.32. The highest BCUT2D eigenvalue weighted by atomic mass is 32.2. The van der Waals surface area contributed by atoms with Crippen LogP contribution in [0, 0.1) is 6.92 Å². The van der Waals surface area contributed by atoms with E-state index in [0.717, 1.165) is 52.1 Å². The van der Waals surface area contributed by atoms with Crippen LogP contribution in [0.4, 0.5) is 0 Å². The molecule has 0 saturated heterocycles. The van der Waals surface area contributed by atoms with Gasteiger partial charge in [-0.15, -0.1) is 11.3 Å². The van der Waals surface area contributed by atoms with Crippen molar-refractivity contribution in [2.45, 2.75) is 44.1 Å². The Balaban J connectivity index is 1.58. The van der Waals surface area contributed by atoms with Gasteiger partial charge in [-0.1, -0.05) is 48.5 Å². The third-order valence-corrected chi connectivity index (χ3v) is 8.57. The molecule has 3 heterocycles. The van der Waals surface area contributed by atoms with Crippen LogP contribution in [-0.2, 0) is 18.7 Å². The number of nitrogens with one attached hydrogen (secondary N) is 1. The van der Waals surface area contributed by atoms with Crippen molar-refractivity contribution in [2.75, 3.05) is 20.2 Å². The zero-order valence-electron chi connectivity index (χ0n) is 19.9. The van der Waals surface area contributed by atoms with E-state index in [4.69, 9.17) is 9.72 Å². The first kappa shape index (κ1) is 23.1. The largest absolute Gasteiger partial charge is 0.497 e. The molecule has 0 aliphatic carbocycles. The second-order valence-electron chi connectivity index (χ2n) is 8.87. The Hall–Kier alpha value is -2.61. The monoisotopic (exact) mass is 492 g/mol. The van der Waals surface area contributed by atoms with Crippen molar-refractivity contribution >= 4 is 33.3 Å². The van der Waals surface area contributed by atoms with Gasteiger partial charge in [-0.3, -0.25) is 9.36 Å². The molecule has 5 nitrogen and oxygen atoms in total. The zero-order chi connectivity index (χ0) is 23.7. The van der Waals surface area contributed by atoms with E-state index in [-0.39, 0.29) is 5.56 Å². The number of benzene rings is 2. The van der Waals surface area contributed by atoms with E-state index in [1.807, 2.05) is 28.8 Å². The van der Waals surface area contributed by atoms with Crippen LogP contribution < -0.4 is 15.2 Å². The molecule has 0 amide bonds. The van der Waals surface area contributed by atoms with Crippen molar-refractivity contribution < 1.29 is 9.64 Å². The van der Waals surface area contributed by atoms with E-state index >= 15 is 0 Å². The Morgan fingerprint density at radius 3 is 2.62 bits per heavy atom. The fourth-order valence-electron chi connectivity index (χ4n) is 4.61. The molecule has 0 bridgehead atoms. The molecule has 4 aromatic rings. The minimum atomic E-state index is 0.0579. The van der Waals surface area contributed by atoms with Crippen molar-refractivity contribution in [3.63, 3.8) is 0 Å². The molecule has 1 unspecified atom stereocenters. The van der Waals surface area contributed by atoms with Crippen LogP contribution in [0.3, 0.4) is 0 Å². The SMILES string of the molecule is CCC[NH+]1CCc2c(sc3nc(SCc4ccc(OC)cc4)n(-c4ccc(C)cc4)c(=O)c23)C1. The number of thioether (sulfide) groups is 1. The Kier molecular flexibility index (Phi) is 6.77. The number of thiophene rings is 1. The van der Waals surface area contributed by atoms with Gasteiger partial charge >= 0.3 is 0 Å². The van der Waals surface area contributed by atoms with Gasteiger partial charge in [0.25, 0.3) is 5.56 Å². The summed E-state index contributed by atoms with van der Waals surface area (Å²) in [4.78, 5) is 22.9. The predicted molar refractivity (Wildman–Crippen MR) is 141 cm³/mol. The molecule has 1 atom stereocenters. The maximum absolute atomic E-state index is 14.0. The van der Waals surface area contributed by atoms with Crippen molar-refractivity contribution in [3.05, 3.63) is 80.5 Å². The molecule has 2 aromatic carbocycles. The topological polar surface area (TPSA) is 48.6 Å². The number of aromatic nitrogens is 2. The molecular formula is C27H30N3O2S2+. The minimum Gasteiger partial charge on any atom is -0.497 e. The first-order valence-electron chi connectivity index (χ1n) is 11.8. The van der Waals surface area contributed by atoms with Crippen LogP contribution >= 0.6 is 23.1 Å². The highest BCUT2D eigenvalue weighted by molar-refractivity contribution is 7.98. The van der Waals surface area contributed by atoms with Gasteiger partial charge in [0.2, 0.25) is 0 Å². The lowest BCUT2D eigenvalue weighted by Gasteiger charge is -2.23. The Morgan fingerprint density at radius 2 is 1.91 bits per heavy atom. The lowest BCUT2D eigenvalue weighted by molar-refractivity contribution is -0.915. The normalized spacial score (nSPS) is 15.4. The number of hydrogen-bond acceptors (Lipinski definition) is 5. The lowest BCUT2D eigenvalue weighted by atomic mass is 10.1. The van der Waals surface area contributed by atoms with Crippen molar-refractivity contribution in [3.8, 4) is 11.4 Å². The fraction of sp³-hybridized carbons (Fsp3) is 0.333. The molecule has 0 radical (unpaired) electrons. The van der Waals surface area contributed by atoms with E-state index in [0.29, 0.717) is 0 Å². The summed E-state index contributed by atoms with van der Waals surface area (Å²) in [5.74, 6) is 1.57. The smallest absolute Gasteiger partial charge is 0.267 e. The lowest BCUT2D eigenvalue weighted by Crippen LogP contribution is -3.11. The van der Waals surface area contributed by atoms with Crippen LogP contribution in [0.15, 0.2) is 58.5 Å². The van der Waals surface area contributed by atoms with Crippen LogP contribution in [0.25, 0.3) is 15.9 Å². The van der Waals surface area contributed by atoms with Crippen molar-refractivity contribution in [2.24, 2.45) is 0 Å². The van der Waals surface area contributed by atoms with Crippen LogP contribution in [0.2, 0.25) is 0 Å². The van der Waals surface area contributed by atoms with Gasteiger partial charge in [-0.2, -0.15) is 0 Å². The van der Waals surface area contributed by atoms with E-state index < -0.39 is 0 Å². The second-order valence-corrected chi connectivity index (χ2v) is 10.9. The number of ether oxygens (including phenoxy) is 1. The molecular weight excluding hydrogens is 462 g/mol. The quantitative estimate of drug-likeness (QED) is 0.307. The minimum absolute atomic E-state index is 0.0579. The summed E-state index contributed by atoms with van der Waals surface area (Å²) >= 11 is 3.32. The van der Waals surface area contributed by atoms with Crippen LogP contribution in [-0.4, -0.2) is 29.8 Å². The number of fused-ring (bicyclic) bond motifs is 3. The molecule has 5 rings (SSSR count). The number of aryl methyl sites for hydroxylation is 1. The summed E-state index contributed by atoms with van der Waals surface area (Å²) in [7, 11) is 1.67. The predicted octanol–water partition coefficient (Wildman–Crippen LogP) is 4.41. The molecule has 1 N–H and O–H groups in total. The third kappa shape index (κ3) is 4.52. The van der Waals surface area contributed by atoms with Gasteiger partial charge in [-0.25, -0.2) is 4.98 Å². The highest BCUT2D eigenvalue weighted by Gasteiger charge is 2.27. The van der Waals surface area contributed by atoms with Crippen molar-refractivity contribution in [1.82, 2.24) is 9.55 Å². The summed E-state index contributed by atoms with van der Waals surface area (Å²) in [5.41, 5.74) is 4.49. The van der Waals surface area contributed by atoms with E-state index in [9.17, 15) is 4.79 Å². The Bertz CT molecular complexity index is 1360. The first-order valence-corrected chi connectivity index (χ1v) is 13.6. The van der Waals surface area contributed by atoms with E-state index in [1.54, 1.807) is 35.1 Å². The van der Waals surface area contributed by atoms with Gasteiger partial charge in [0.1, 0.15) is 17.1 Å². The molecule has 0 saturated carbocycles. The molecule has 34 heavy (non-hydrogen) atoms. The fourth-order valence-corrected chi connectivity index (χ4v) is 6.91. The van der Waals surface area contributed by atoms with Crippen molar-refractivity contribution in [1.29, 1.82) is 0 Å². The molecule has 1 aliphatic rings. The summed E-state index contributed by atoms with van der Waals surface area (Å²) in [6.07, 6.45) is 2.13. The van der Waals surface area contributed by atoms with Crippen LogP contribution in [0.5, 0.6) is 5.75 Å². The molecule has 176 valence electrons. The molecule has 1 aliphatic heterocycles. The Morgan fingerprint density at radius 1 is 1.15 bits per heavy atom. The van der Waals surface area contributed by atoms with E-state index in [2.05, 4.69) is 38.1 Å². The maximum Gasteiger partial charge on any atom is 0.267 e. The molecule has 0 spiro atoms. The summed E-state index contributed by atoms with van der Waals surface area (Å²) < 4.78 is 7.09. The Labute approximate surface area is 208 Å². The van der Waals surface area contributed by atoms with Crippen LogP contribution in [0.1, 0.15) is 34.9 Å². The number of quaternary nitrogens is 1. The molecule has 7 heteroatoms. The number of methoxy groups -OCH3 is 1. The summed E-state index contributed by atoms with van der Waals surface area (Å²) in [6, 6.07) is 16.2. The molecule has 0 fully saturated rings. The van der Waals surface area contributed by atoms with Gasteiger partial charge in [0.05, 0.1) is 36.2 Å². The van der Waals surface area contributed by atoms with Gasteiger partial charge in [0.15, 0.2) is 5.16 Å². The standard InChI is InChI=1S/C27H29N3O2S2/c1-4-14-29-15-13-22-23(16-29)34-25-24(22)26(31)30(20-9-5-18(2)6-10-20)27(28-25)33-17-19-7-11-21(32-3)12-8-19/h5-12H,4,13-17H2,1-3H3/p+1. The average Bonchev–Trinajstić information content (AvgIpc) is 3.22. The summed E-state index contributed by atoms with van der Waals surface area (Å²) in [6.45, 7) is 7.57. The number of nitrogens with zero attached hydrogens (tertiary/aromatic N) is 2. The zero-order valence-corrected chi connectivity index (χ0v) is 21.5. The number of hydrogen-bond donors (Lipinski definition) is 1. The maximum atomic E-state index is 14.0. The molecule has 2 aromatic heterocycles. The van der Waals surface area contributed by atoms with Gasteiger partial charge < -0.3 is 9.64 Å². The number of rotatable bonds is 7. The van der Waals surface area contributed by atoms with E-state index in [1.165, 1.54) is 34.5 Å². The van der Waals surface area contributed by atoms with Gasteiger partial charge in [0, 0.05) is 12.2 Å². The first-order chi connectivity index (χ1) is 16.6. The average molecular weight is 493 g/mol. The summed E-state index contributed by atoms with van der Waals surface area (Å²) in [5, 5.41) is 1.57.